The number of piperidine rings is 1. The molecule has 8 heteroatoms. The van der Waals surface area contributed by atoms with Crippen molar-refractivity contribution >= 4 is 0 Å². The van der Waals surface area contributed by atoms with Crippen LogP contribution >= 0.6 is 0 Å². The fourth-order valence-electron chi connectivity index (χ4n) is 10.7. The quantitative estimate of drug-likeness (QED) is 0.446. The summed E-state index contributed by atoms with van der Waals surface area (Å²) in [5.41, 5.74) is -4.15. The van der Waals surface area contributed by atoms with Crippen molar-refractivity contribution in [1.82, 2.24) is 4.90 Å². The average molecular weight is 454 g/mol. The highest BCUT2D eigenvalue weighted by atomic mass is 16.5. The molecule has 4 N–H and O–H groups in total. The van der Waals surface area contributed by atoms with E-state index in [1.54, 1.807) is 21.3 Å². The second-order valence-corrected chi connectivity index (χ2v) is 11.7. The van der Waals surface area contributed by atoms with Gasteiger partial charge >= 0.3 is 0 Å². The Labute approximate surface area is 189 Å². The molecule has 32 heavy (non-hydrogen) atoms. The first kappa shape index (κ1) is 22.2. The highest BCUT2D eigenvalue weighted by molar-refractivity contribution is 5.41. The molecule has 6 aliphatic rings. The molecule has 0 aromatic heterocycles. The van der Waals surface area contributed by atoms with Gasteiger partial charge in [-0.05, 0) is 31.7 Å². The molecule has 0 radical (unpaired) electrons. The van der Waals surface area contributed by atoms with Gasteiger partial charge in [-0.1, -0.05) is 6.92 Å². The predicted molar refractivity (Wildman–Crippen MR) is 114 cm³/mol. The average Bonchev–Trinajstić information content (AvgIpc) is 3.14. The van der Waals surface area contributed by atoms with Gasteiger partial charge in [0.2, 0.25) is 0 Å². The number of likely N-dealkylation sites (tertiary alicyclic amines) is 1. The topological polar surface area (TPSA) is 112 Å². The zero-order valence-corrected chi connectivity index (χ0v) is 19.6. The third-order valence-electron chi connectivity index (χ3n) is 11.2. The summed E-state index contributed by atoms with van der Waals surface area (Å²) in [7, 11) is 4.95. The molecule has 1 heterocycles. The fourth-order valence-corrected chi connectivity index (χ4v) is 10.7. The summed E-state index contributed by atoms with van der Waals surface area (Å²) in [6.45, 7) is 4.05. The minimum atomic E-state index is -1.63. The molecule has 5 aliphatic carbocycles. The molecule has 7 bridgehead atoms. The van der Waals surface area contributed by atoms with Crippen molar-refractivity contribution in [1.29, 1.82) is 0 Å². The van der Waals surface area contributed by atoms with E-state index in [1.165, 1.54) is 0 Å². The van der Waals surface area contributed by atoms with E-state index in [9.17, 15) is 20.4 Å². The molecule has 0 aromatic carbocycles. The maximum Gasteiger partial charge on any atom is 0.136 e. The Morgan fingerprint density at radius 2 is 1.84 bits per heavy atom. The van der Waals surface area contributed by atoms with Gasteiger partial charge in [-0.2, -0.15) is 0 Å². The van der Waals surface area contributed by atoms with Crippen molar-refractivity contribution in [3.63, 3.8) is 0 Å². The van der Waals surface area contributed by atoms with Gasteiger partial charge in [0.1, 0.15) is 11.2 Å². The summed E-state index contributed by atoms with van der Waals surface area (Å²) < 4.78 is 17.7. The van der Waals surface area contributed by atoms with Crippen LogP contribution in [0, 0.1) is 34.5 Å². The first-order chi connectivity index (χ1) is 15.2. The van der Waals surface area contributed by atoms with Crippen molar-refractivity contribution in [2.24, 2.45) is 34.5 Å². The van der Waals surface area contributed by atoms with Gasteiger partial charge in [-0.3, -0.25) is 4.90 Å². The molecular formula is C24H39NO7. The van der Waals surface area contributed by atoms with Crippen LogP contribution in [0.5, 0.6) is 0 Å². The van der Waals surface area contributed by atoms with Crippen LogP contribution in [0.25, 0.3) is 0 Å². The lowest BCUT2D eigenvalue weighted by Gasteiger charge is -2.69. The number of methoxy groups -OCH3 is 3. The summed E-state index contributed by atoms with van der Waals surface area (Å²) in [4.78, 5) is 2.28. The Hall–Kier alpha value is -0.320. The molecule has 6 rings (SSSR count). The van der Waals surface area contributed by atoms with Crippen LogP contribution in [-0.2, 0) is 14.2 Å². The summed E-state index contributed by atoms with van der Waals surface area (Å²) in [6, 6.07) is -0.442. The molecule has 13 atom stereocenters. The van der Waals surface area contributed by atoms with Crippen LogP contribution in [0.3, 0.4) is 0 Å². The molecule has 8 nitrogen and oxygen atoms in total. The lowest BCUT2D eigenvalue weighted by atomic mass is 9.42. The molecule has 1 spiro atoms. The first-order valence-corrected chi connectivity index (χ1v) is 12.3. The summed E-state index contributed by atoms with van der Waals surface area (Å²) in [5.74, 6) is -0.889. The Bertz CT molecular complexity index is 798. The number of ether oxygens (including phenoxy) is 3. The first-order valence-electron chi connectivity index (χ1n) is 12.3. The van der Waals surface area contributed by atoms with Crippen molar-refractivity contribution in [2.75, 3.05) is 41.0 Å². The Balaban J connectivity index is 1.67. The van der Waals surface area contributed by atoms with Crippen molar-refractivity contribution in [2.45, 2.75) is 74.3 Å². The monoisotopic (exact) mass is 453 g/mol. The predicted octanol–water partition coefficient (Wildman–Crippen LogP) is -0.383. The van der Waals surface area contributed by atoms with Crippen LogP contribution < -0.4 is 0 Å². The maximum absolute atomic E-state index is 12.8. The zero-order chi connectivity index (χ0) is 22.8. The number of aliphatic hydroxyl groups is 4. The van der Waals surface area contributed by atoms with Gasteiger partial charge in [0.15, 0.2) is 0 Å². The van der Waals surface area contributed by atoms with E-state index in [1.807, 2.05) is 0 Å². The Kier molecular flexibility index (Phi) is 4.62. The normalized spacial score (nSPS) is 62.4. The second kappa shape index (κ2) is 6.66. The fraction of sp³-hybridized carbons (Fsp3) is 1.00. The van der Waals surface area contributed by atoms with E-state index in [2.05, 4.69) is 11.8 Å². The second-order valence-electron chi connectivity index (χ2n) is 11.7. The lowest BCUT2D eigenvalue weighted by molar-refractivity contribution is -0.317. The number of likely N-dealkylation sites (N-methyl/N-ethyl adjacent to an activating group) is 1. The minimum absolute atomic E-state index is 0.102. The third kappa shape index (κ3) is 1.99. The lowest BCUT2D eigenvalue weighted by Crippen LogP contribution is -2.81. The molecule has 6 fully saturated rings. The van der Waals surface area contributed by atoms with Crippen LogP contribution in [0.4, 0.5) is 0 Å². The van der Waals surface area contributed by atoms with Crippen LogP contribution in [0.1, 0.15) is 32.6 Å². The van der Waals surface area contributed by atoms with E-state index < -0.39 is 46.9 Å². The van der Waals surface area contributed by atoms with Gasteiger partial charge < -0.3 is 34.6 Å². The number of rotatable bonds is 5. The number of fused-ring (bicyclic) bond motifs is 2. The van der Waals surface area contributed by atoms with Crippen molar-refractivity contribution < 1.29 is 34.6 Å². The molecule has 0 aromatic rings. The van der Waals surface area contributed by atoms with Crippen LogP contribution in [0.15, 0.2) is 0 Å². The van der Waals surface area contributed by atoms with Gasteiger partial charge in [0, 0.05) is 62.9 Å². The van der Waals surface area contributed by atoms with E-state index in [0.717, 1.165) is 13.0 Å². The summed E-state index contributed by atoms with van der Waals surface area (Å²) >= 11 is 0. The molecule has 1 aliphatic heterocycles. The highest BCUT2D eigenvalue weighted by Crippen LogP contribution is 2.80. The van der Waals surface area contributed by atoms with E-state index >= 15 is 0 Å². The van der Waals surface area contributed by atoms with Crippen LogP contribution in [0.2, 0.25) is 0 Å². The zero-order valence-electron chi connectivity index (χ0n) is 19.6. The molecule has 0 amide bonds. The van der Waals surface area contributed by atoms with Crippen LogP contribution in [-0.4, -0.2) is 108 Å². The standard InChI is InChI=1S/C24H39NO7/c1-5-25-10-21(11-30-2)7-6-15(26)23-13-8-12-14(31-3)9-22(28,16(13)17(12)27)24(29,20(23)25)19(32-4)18(21)23/h12-20,26-29H,5-11H2,1-4H3/t12-,13-,14+,15+,16-,17?,18-,19+,20?,21+,22-,23?,24?/m1/s1. The third-order valence-corrected chi connectivity index (χ3v) is 11.2. The number of hydrogen-bond donors (Lipinski definition) is 4. The smallest absolute Gasteiger partial charge is 0.136 e. The van der Waals surface area contributed by atoms with Crippen molar-refractivity contribution in [3.05, 3.63) is 0 Å². The summed E-state index contributed by atoms with van der Waals surface area (Å²) in [6.07, 6.45) is -0.0296. The molecule has 1 saturated heterocycles. The maximum atomic E-state index is 12.8. The molecule has 5 saturated carbocycles. The van der Waals surface area contributed by atoms with E-state index in [0.29, 0.717) is 26.0 Å². The van der Waals surface area contributed by atoms with E-state index in [4.69, 9.17) is 14.2 Å². The van der Waals surface area contributed by atoms with Gasteiger partial charge in [-0.15, -0.1) is 0 Å². The van der Waals surface area contributed by atoms with Gasteiger partial charge in [0.25, 0.3) is 0 Å². The Morgan fingerprint density at radius 3 is 2.47 bits per heavy atom. The molecular weight excluding hydrogens is 414 g/mol. The van der Waals surface area contributed by atoms with Gasteiger partial charge in [-0.25, -0.2) is 0 Å². The highest BCUT2D eigenvalue weighted by Gasteiger charge is 2.91. The largest absolute Gasteiger partial charge is 0.392 e. The number of nitrogens with zero attached hydrogens (tertiary/aromatic N) is 1. The number of aliphatic hydroxyl groups excluding tert-OH is 2. The van der Waals surface area contributed by atoms with Crippen molar-refractivity contribution in [3.8, 4) is 0 Å². The SMILES string of the molecule is CCN1C[C@]2(COC)CC[C@H](O)C34C1C(O)([C@@H](OC)[C@@H]32)[C@@]1(O)C[C@H](OC)[C@H]2C[C@@H]4[C@@H]1C2O. The summed E-state index contributed by atoms with van der Waals surface area (Å²) in [5, 5.41) is 48.5. The van der Waals surface area contributed by atoms with Gasteiger partial charge in [0.05, 0.1) is 37.1 Å². The Morgan fingerprint density at radius 1 is 1.09 bits per heavy atom. The molecule has 182 valence electrons. The van der Waals surface area contributed by atoms with E-state index in [-0.39, 0.29) is 35.7 Å². The number of hydrogen-bond acceptors (Lipinski definition) is 8. The molecule has 4 unspecified atom stereocenters. The minimum Gasteiger partial charge on any atom is -0.392 e.